The first kappa shape index (κ1) is 18.9. The fourth-order valence-electron chi connectivity index (χ4n) is 2.00. The van der Waals surface area contributed by atoms with Gasteiger partial charge in [-0.05, 0) is 77.9 Å². The molecule has 0 radical (unpaired) electrons. The molecule has 0 bridgehead atoms. The van der Waals surface area contributed by atoms with Gasteiger partial charge in [0.1, 0.15) is 0 Å². The van der Waals surface area contributed by atoms with Gasteiger partial charge in [-0.1, -0.05) is 12.1 Å². The van der Waals surface area contributed by atoms with Crippen molar-refractivity contribution in [1.82, 2.24) is 5.32 Å². The van der Waals surface area contributed by atoms with Gasteiger partial charge in [-0.25, -0.2) is 9.59 Å². The minimum absolute atomic E-state index is 0.341. The zero-order chi connectivity index (χ0) is 18.4. The molecule has 0 saturated heterocycles. The van der Waals surface area contributed by atoms with Gasteiger partial charge in [0.2, 0.25) is 0 Å². The Morgan fingerprint density at radius 3 is 2.40 bits per heavy atom. The monoisotopic (exact) mass is 452 g/mol. The number of aryl methyl sites for hydroxylation is 1. The maximum atomic E-state index is 11.9. The van der Waals surface area contributed by atoms with Crippen molar-refractivity contribution in [3.05, 3.63) is 62.7 Å². The first-order valence-electron chi connectivity index (χ1n) is 7.46. The van der Waals surface area contributed by atoms with Crippen LogP contribution in [0.1, 0.15) is 21.5 Å². The lowest BCUT2D eigenvalue weighted by molar-refractivity contribution is -0.123. The Morgan fingerprint density at radius 2 is 1.72 bits per heavy atom. The fourth-order valence-corrected chi connectivity index (χ4v) is 2.36. The third-order valence-corrected chi connectivity index (χ3v) is 4.24. The average molecular weight is 452 g/mol. The normalized spacial score (nSPS) is 10.0. The van der Waals surface area contributed by atoms with Crippen LogP contribution in [0.15, 0.2) is 42.5 Å². The van der Waals surface area contributed by atoms with E-state index in [9.17, 15) is 14.4 Å². The van der Waals surface area contributed by atoms with Gasteiger partial charge < -0.3 is 10.1 Å². The highest BCUT2D eigenvalue weighted by Crippen LogP contribution is 2.17. The Balaban J connectivity index is 1.83. The minimum Gasteiger partial charge on any atom is -0.452 e. The Hall–Kier alpha value is -2.42. The number of urea groups is 1. The zero-order valence-corrected chi connectivity index (χ0v) is 15.9. The van der Waals surface area contributed by atoms with E-state index in [1.54, 1.807) is 30.3 Å². The summed E-state index contributed by atoms with van der Waals surface area (Å²) in [7, 11) is 0. The fraction of sp³-hybridized carbons (Fsp3) is 0.167. The number of carbonyl (C=O) groups excluding carboxylic acids is 3. The van der Waals surface area contributed by atoms with Gasteiger partial charge in [0, 0.05) is 9.26 Å². The molecule has 3 amide bonds. The van der Waals surface area contributed by atoms with E-state index < -0.39 is 24.5 Å². The molecule has 0 aromatic heterocycles. The molecule has 25 heavy (non-hydrogen) atoms. The van der Waals surface area contributed by atoms with Crippen LogP contribution in [0.5, 0.6) is 0 Å². The summed E-state index contributed by atoms with van der Waals surface area (Å²) in [6.07, 6.45) is 0. The van der Waals surface area contributed by atoms with Crippen LogP contribution in [0, 0.1) is 17.4 Å². The quantitative estimate of drug-likeness (QED) is 0.550. The molecule has 0 aliphatic carbocycles. The zero-order valence-electron chi connectivity index (χ0n) is 13.8. The van der Waals surface area contributed by atoms with Crippen molar-refractivity contribution in [3.8, 4) is 0 Å². The molecule has 7 heteroatoms. The molecule has 130 valence electrons. The van der Waals surface area contributed by atoms with Gasteiger partial charge >= 0.3 is 12.0 Å². The number of imide groups is 1. The van der Waals surface area contributed by atoms with Crippen LogP contribution in [0.2, 0.25) is 0 Å². The van der Waals surface area contributed by atoms with Crippen LogP contribution in [-0.4, -0.2) is 24.5 Å². The molecular formula is C18H17IN2O4. The third kappa shape index (κ3) is 5.56. The molecule has 0 heterocycles. The molecule has 0 spiro atoms. The van der Waals surface area contributed by atoms with E-state index in [1.807, 2.05) is 26.0 Å². The number of esters is 1. The van der Waals surface area contributed by atoms with E-state index in [0.29, 0.717) is 11.3 Å². The Morgan fingerprint density at radius 1 is 1.04 bits per heavy atom. The van der Waals surface area contributed by atoms with E-state index in [4.69, 9.17) is 4.74 Å². The van der Waals surface area contributed by atoms with Crippen molar-refractivity contribution in [1.29, 1.82) is 0 Å². The molecule has 0 fully saturated rings. The third-order valence-electron chi connectivity index (χ3n) is 3.52. The van der Waals surface area contributed by atoms with Crippen LogP contribution in [0.3, 0.4) is 0 Å². The standard InChI is InChI=1S/C18H17IN2O4/c1-11-4-3-5-15(12(11)2)20-18(24)21-16(22)10-25-17(23)13-6-8-14(19)9-7-13/h3-9H,10H2,1-2H3,(H2,20,21,22,24). The first-order chi connectivity index (χ1) is 11.9. The number of amides is 3. The summed E-state index contributed by atoms with van der Waals surface area (Å²) in [5.41, 5.74) is 2.89. The Bertz CT molecular complexity index is 803. The number of benzene rings is 2. The summed E-state index contributed by atoms with van der Waals surface area (Å²) in [6, 6.07) is 11.5. The van der Waals surface area contributed by atoms with Crippen LogP contribution in [-0.2, 0) is 9.53 Å². The lowest BCUT2D eigenvalue weighted by Crippen LogP contribution is -2.37. The largest absolute Gasteiger partial charge is 0.452 e. The molecule has 2 aromatic carbocycles. The average Bonchev–Trinajstić information content (AvgIpc) is 2.57. The number of carbonyl (C=O) groups is 3. The summed E-state index contributed by atoms with van der Waals surface area (Å²) in [5.74, 6) is -1.33. The Kier molecular flexibility index (Phi) is 6.51. The summed E-state index contributed by atoms with van der Waals surface area (Å²) >= 11 is 2.12. The predicted molar refractivity (Wildman–Crippen MR) is 103 cm³/mol. The van der Waals surface area contributed by atoms with E-state index in [1.165, 1.54) is 0 Å². The highest BCUT2D eigenvalue weighted by atomic mass is 127. The maximum absolute atomic E-state index is 11.9. The maximum Gasteiger partial charge on any atom is 0.338 e. The van der Waals surface area contributed by atoms with E-state index in [0.717, 1.165) is 14.7 Å². The second-order valence-electron chi connectivity index (χ2n) is 5.33. The van der Waals surface area contributed by atoms with E-state index >= 15 is 0 Å². The molecule has 0 unspecified atom stereocenters. The Labute approximate surface area is 159 Å². The summed E-state index contributed by atoms with van der Waals surface area (Å²) in [5, 5.41) is 4.72. The van der Waals surface area contributed by atoms with E-state index in [2.05, 4.69) is 33.2 Å². The van der Waals surface area contributed by atoms with Crippen LogP contribution in [0.25, 0.3) is 0 Å². The number of hydrogen-bond donors (Lipinski definition) is 2. The van der Waals surface area contributed by atoms with Crippen LogP contribution in [0.4, 0.5) is 10.5 Å². The second-order valence-corrected chi connectivity index (χ2v) is 6.58. The molecule has 0 atom stereocenters. The first-order valence-corrected chi connectivity index (χ1v) is 8.54. The highest BCUT2D eigenvalue weighted by Gasteiger charge is 2.13. The number of halogens is 1. The second kappa shape index (κ2) is 8.61. The van der Waals surface area contributed by atoms with Crippen molar-refractivity contribution >= 4 is 46.2 Å². The van der Waals surface area contributed by atoms with Crippen molar-refractivity contribution in [2.75, 3.05) is 11.9 Å². The summed E-state index contributed by atoms with van der Waals surface area (Å²) in [4.78, 5) is 35.4. The molecule has 2 aromatic rings. The van der Waals surface area contributed by atoms with Gasteiger partial charge in [0.05, 0.1) is 5.56 Å². The molecular weight excluding hydrogens is 435 g/mol. The molecule has 0 aliphatic rings. The summed E-state index contributed by atoms with van der Waals surface area (Å²) in [6.45, 7) is 3.26. The number of hydrogen-bond acceptors (Lipinski definition) is 4. The summed E-state index contributed by atoms with van der Waals surface area (Å²) < 4.78 is 5.87. The molecule has 2 rings (SSSR count). The molecule has 0 saturated carbocycles. The van der Waals surface area contributed by atoms with Gasteiger partial charge in [0.15, 0.2) is 6.61 Å². The molecule has 2 N–H and O–H groups in total. The van der Waals surface area contributed by atoms with Crippen molar-refractivity contribution in [3.63, 3.8) is 0 Å². The number of anilines is 1. The highest BCUT2D eigenvalue weighted by molar-refractivity contribution is 14.1. The SMILES string of the molecule is Cc1cccc(NC(=O)NC(=O)COC(=O)c2ccc(I)cc2)c1C. The molecule has 0 aliphatic heterocycles. The van der Waals surface area contributed by atoms with Crippen LogP contribution < -0.4 is 10.6 Å². The van der Waals surface area contributed by atoms with Gasteiger partial charge in [-0.3, -0.25) is 10.1 Å². The van der Waals surface area contributed by atoms with E-state index in [-0.39, 0.29) is 0 Å². The van der Waals surface area contributed by atoms with Crippen molar-refractivity contribution < 1.29 is 19.1 Å². The van der Waals surface area contributed by atoms with Gasteiger partial charge in [-0.2, -0.15) is 0 Å². The topological polar surface area (TPSA) is 84.5 Å². The number of ether oxygens (including phenoxy) is 1. The smallest absolute Gasteiger partial charge is 0.338 e. The lowest BCUT2D eigenvalue weighted by Gasteiger charge is -2.11. The minimum atomic E-state index is -0.707. The van der Waals surface area contributed by atoms with Gasteiger partial charge in [-0.15, -0.1) is 0 Å². The van der Waals surface area contributed by atoms with Crippen LogP contribution >= 0.6 is 22.6 Å². The van der Waals surface area contributed by atoms with Crippen molar-refractivity contribution in [2.24, 2.45) is 0 Å². The number of rotatable bonds is 4. The molecule has 6 nitrogen and oxygen atoms in total. The lowest BCUT2D eigenvalue weighted by atomic mass is 10.1. The predicted octanol–water partition coefficient (Wildman–Crippen LogP) is 3.41. The number of nitrogens with one attached hydrogen (secondary N) is 2. The van der Waals surface area contributed by atoms with Gasteiger partial charge in [0.25, 0.3) is 5.91 Å². The van der Waals surface area contributed by atoms with Crippen molar-refractivity contribution in [2.45, 2.75) is 13.8 Å².